The summed E-state index contributed by atoms with van der Waals surface area (Å²) in [5.74, 6) is 0.360. The van der Waals surface area contributed by atoms with Crippen molar-refractivity contribution in [3.63, 3.8) is 0 Å². The van der Waals surface area contributed by atoms with E-state index >= 15 is 0 Å². The van der Waals surface area contributed by atoms with Gasteiger partial charge in [-0.25, -0.2) is 4.39 Å². The minimum atomic E-state index is -0.387. The third-order valence-corrected chi connectivity index (χ3v) is 2.90. The Bertz CT molecular complexity index is 772. The number of carbonyl (C=O) groups is 1. The molecule has 3 aromatic rings. The number of ether oxygens (including phenoxy) is 1. The second-order valence-corrected chi connectivity index (χ2v) is 4.38. The van der Waals surface area contributed by atoms with E-state index in [1.807, 2.05) is 0 Å². The fraction of sp³-hybridized carbons (Fsp3) is 0.0625. The van der Waals surface area contributed by atoms with Crippen LogP contribution in [0.3, 0.4) is 0 Å². The molecule has 0 amide bonds. The van der Waals surface area contributed by atoms with Crippen molar-refractivity contribution in [2.24, 2.45) is 0 Å². The van der Waals surface area contributed by atoms with Gasteiger partial charge in [0.2, 0.25) is 0 Å². The summed E-state index contributed by atoms with van der Waals surface area (Å²) in [4.78, 5) is 11.1. The lowest BCUT2D eigenvalue weighted by molar-refractivity contribution is -0.131. The van der Waals surface area contributed by atoms with Gasteiger partial charge in [-0.1, -0.05) is 6.07 Å². The second kappa shape index (κ2) is 4.81. The molecule has 0 saturated heterocycles. The zero-order chi connectivity index (χ0) is 14.1. The molecule has 0 N–H and O–H groups in total. The average Bonchev–Trinajstić information content (AvgIpc) is 2.84. The lowest BCUT2D eigenvalue weighted by Crippen LogP contribution is -2.01. The van der Waals surface area contributed by atoms with Gasteiger partial charge in [-0.2, -0.15) is 0 Å². The third kappa shape index (κ3) is 2.28. The van der Waals surface area contributed by atoms with Crippen LogP contribution in [0.2, 0.25) is 0 Å². The van der Waals surface area contributed by atoms with Crippen LogP contribution in [0.1, 0.15) is 6.92 Å². The second-order valence-electron chi connectivity index (χ2n) is 4.38. The number of furan rings is 1. The largest absolute Gasteiger partial charge is 0.456 e. The molecule has 0 atom stereocenters. The maximum Gasteiger partial charge on any atom is 0.308 e. The third-order valence-electron chi connectivity index (χ3n) is 2.90. The molecule has 4 heteroatoms. The van der Waals surface area contributed by atoms with E-state index in [1.165, 1.54) is 19.1 Å². The van der Waals surface area contributed by atoms with Gasteiger partial charge in [-0.3, -0.25) is 4.79 Å². The van der Waals surface area contributed by atoms with Crippen molar-refractivity contribution >= 4 is 16.9 Å². The Balaban J connectivity index is 2.10. The standard InChI is InChI=1S/C16H11FO3/c1-10(18)19-14-3-2-4-15-13(14)9-16(20-15)11-5-7-12(17)8-6-11/h2-9H,1H3. The highest BCUT2D eigenvalue weighted by molar-refractivity contribution is 5.90. The lowest BCUT2D eigenvalue weighted by Gasteiger charge is -2.00. The Kier molecular flexibility index (Phi) is 2.99. The molecule has 3 nitrogen and oxygen atoms in total. The highest BCUT2D eigenvalue weighted by Crippen LogP contribution is 2.33. The van der Waals surface area contributed by atoms with E-state index in [0.29, 0.717) is 22.5 Å². The number of halogens is 1. The maximum atomic E-state index is 12.9. The van der Waals surface area contributed by atoms with Crippen molar-refractivity contribution in [3.05, 3.63) is 54.3 Å². The Morgan fingerprint density at radius 1 is 1.15 bits per heavy atom. The summed E-state index contributed by atoms with van der Waals surface area (Å²) in [6.45, 7) is 1.35. The molecule has 2 aromatic carbocycles. The average molecular weight is 270 g/mol. The minimum Gasteiger partial charge on any atom is -0.456 e. The van der Waals surface area contributed by atoms with Crippen molar-refractivity contribution in [2.45, 2.75) is 6.92 Å². The Morgan fingerprint density at radius 2 is 1.90 bits per heavy atom. The van der Waals surface area contributed by atoms with Gasteiger partial charge in [-0.05, 0) is 42.5 Å². The number of benzene rings is 2. The number of hydrogen-bond acceptors (Lipinski definition) is 3. The van der Waals surface area contributed by atoms with Crippen LogP contribution >= 0.6 is 0 Å². The van der Waals surface area contributed by atoms with Crippen LogP contribution < -0.4 is 4.74 Å². The van der Waals surface area contributed by atoms with Gasteiger partial charge in [0.15, 0.2) is 0 Å². The molecule has 0 aliphatic carbocycles. The number of hydrogen-bond donors (Lipinski definition) is 0. The van der Waals surface area contributed by atoms with E-state index in [1.54, 1.807) is 36.4 Å². The molecule has 0 aliphatic rings. The van der Waals surface area contributed by atoms with Crippen molar-refractivity contribution in [1.29, 1.82) is 0 Å². The zero-order valence-corrected chi connectivity index (χ0v) is 10.7. The maximum absolute atomic E-state index is 12.9. The van der Waals surface area contributed by atoms with Crippen molar-refractivity contribution in [3.8, 4) is 17.1 Å². The minimum absolute atomic E-state index is 0.300. The van der Waals surface area contributed by atoms with E-state index in [9.17, 15) is 9.18 Å². The van der Waals surface area contributed by atoms with Crippen molar-refractivity contribution < 1.29 is 18.3 Å². The van der Waals surface area contributed by atoms with Crippen molar-refractivity contribution in [2.75, 3.05) is 0 Å². The number of fused-ring (bicyclic) bond motifs is 1. The van der Waals surface area contributed by atoms with Gasteiger partial charge >= 0.3 is 5.97 Å². The summed E-state index contributed by atoms with van der Waals surface area (Å²) in [6, 6.07) is 13.0. The predicted octanol–water partition coefficient (Wildman–Crippen LogP) is 4.16. The summed E-state index contributed by atoms with van der Waals surface area (Å²) in [6.07, 6.45) is 0. The lowest BCUT2D eigenvalue weighted by atomic mass is 10.1. The molecule has 0 unspecified atom stereocenters. The first-order valence-electron chi connectivity index (χ1n) is 6.10. The number of carbonyl (C=O) groups excluding carboxylic acids is 1. The van der Waals surface area contributed by atoms with E-state index in [0.717, 1.165) is 5.56 Å². The molecule has 1 aromatic heterocycles. The highest BCUT2D eigenvalue weighted by atomic mass is 19.1. The number of rotatable bonds is 2. The summed E-state index contributed by atoms with van der Waals surface area (Å²) in [5, 5.41) is 0.710. The van der Waals surface area contributed by atoms with Gasteiger partial charge in [-0.15, -0.1) is 0 Å². The highest BCUT2D eigenvalue weighted by Gasteiger charge is 2.11. The van der Waals surface area contributed by atoms with Crippen LogP contribution in [-0.2, 0) is 4.79 Å². The van der Waals surface area contributed by atoms with Gasteiger partial charge in [0, 0.05) is 12.5 Å². The number of esters is 1. The Hall–Kier alpha value is -2.62. The normalized spacial score (nSPS) is 10.7. The van der Waals surface area contributed by atoms with Gasteiger partial charge in [0.1, 0.15) is 22.9 Å². The molecule has 0 radical (unpaired) electrons. The molecule has 0 fully saturated rings. The fourth-order valence-corrected chi connectivity index (χ4v) is 2.03. The fourth-order valence-electron chi connectivity index (χ4n) is 2.03. The molecule has 0 spiro atoms. The van der Waals surface area contributed by atoms with Crippen LogP contribution in [0.4, 0.5) is 4.39 Å². The van der Waals surface area contributed by atoms with E-state index in [2.05, 4.69) is 0 Å². The van der Waals surface area contributed by atoms with Crippen LogP contribution in [0.5, 0.6) is 5.75 Å². The quantitative estimate of drug-likeness (QED) is 0.518. The first-order valence-corrected chi connectivity index (χ1v) is 6.10. The van der Waals surface area contributed by atoms with Gasteiger partial charge in [0.05, 0.1) is 5.39 Å². The van der Waals surface area contributed by atoms with Crippen LogP contribution in [0.15, 0.2) is 52.9 Å². The van der Waals surface area contributed by atoms with Crippen LogP contribution in [-0.4, -0.2) is 5.97 Å². The monoisotopic (exact) mass is 270 g/mol. The summed E-state index contributed by atoms with van der Waals surface area (Å²) in [5.41, 5.74) is 1.37. The van der Waals surface area contributed by atoms with E-state index in [-0.39, 0.29) is 11.8 Å². The summed E-state index contributed by atoms with van der Waals surface area (Å²) in [7, 11) is 0. The molecule has 0 bridgehead atoms. The van der Waals surface area contributed by atoms with Crippen LogP contribution in [0.25, 0.3) is 22.3 Å². The first kappa shape index (κ1) is 12.4. The predicted molar refractivity (Wildman–Crippen MR) is 72.9 cm³/mol. The molecule has 0 aliphatic heterocycles. The van der Waals surface area contributed by atoms with E-state index < -0.39 is 0 Å². The molecule has 1 heterocycles. The molecular formula is C16H11FO3. The molecule has 100 valence electrons. The molecule has 3 rings (SSSR count). The summed E-state index contributed by atoms with van der Waals surface area (Å²) >= 11 is 0. The first-order chi connectivity index (χ1) is 9.63. The molecular weight excluding hydrogens is 259 g/mol. The van der Waals surface area contributed by atoms with Gasteiger partial charge < -0.3 is 9.15 Å². The van der Waals surface area contributed by atoms with E-state index in [4.69, 9.17) is 9.15 Å². The smallest absolute Gasteiger partial charge is 0.308 e. The van der Waals surface area contributed by atoms with Crippen LogP contribution in [0, 0.1) is 5.82 Å². The zero-order valence-electron chi connectivity index (χ0n) is 10.7. The molecule has 20 heavy (non-hydrogen) atoms. The van der Waals surface area contributed by atoms with Crippen molar-refractivity contribution in [1.82, 2.24) is 0 Å². The Morgan fingerprint density at radius 3 is 2.60 bits per heavy atom. The molecule has 0 saturated carbocycles. The topological polar surface area (TPSA) is 39.4 Å². The summed E-state index contributed by atoms with van der Waals surface area (Å²) < 4.78 is 23.8. The SMILES string of the molecule is CC(=O)Oc1cccc2oc(-c3ccc(F)cc3)cc12. The van der Waals surface area contributed by atoms with Gasteiger partial charge in [0.25, 0.3) is 0 Å². The Labute approximate surface area is 114 Å².